The highest BCUT2D eigenvalue weighted by Gasteiger charge is 2.47. The monoisotopic (exact) mass is 459 g/mol. The van der Waals surface area contributed by atoms with Crippen molar-refractivity contribution in [2.45, 2.75) is 24.6 Å². The van der Waals surface area contributed by atoms with Crippen LogP contribution in [0.5, 0.6) is 5.75 Å². The Bertz CT molecular complexity index is 945. The summed E-state index contributed by atoms with van der Waals surface area (Å²) in [6, 6.07) is 14.4. The van der Waals surface area contributed by atoms with Gasteiger partial charge in [-0.2, -0.15) is 0 Å². The fraction of sp³-hybridized carbons (Fsp3) is 0.391. The summed E-state index contributed by atoms with van der Waals surface area (Å²) in [6.45, 7) is 4.37. The van der Waals surface area contributed by atoms with Crippen molar-refractivity contribution in [2.24, 2.45) is 0 Å². The fourth-order valence-corrected chi connectivity index (χ4v) is 5.74. The Kier molecular flexibility index (Phi) is 6.62. The number of halogens is 1. The molecule has 2 aromatic rings. The summed E-state index contributed by atoms with van der Waals surface area (Å²) in [5.74, 6) is 1.61. The number of hydrogen-bond donors (Lipinski definition) is 1. The molecule has 2 fully saturated rings. The van der Waals surface area contributed by atoms with E-state index in [0.717, 1.165) is 25.1 Å². The zero-order valence-corrected chi connectivity index (χ0v) is 19.0. The van der Waals surface area contributed by atoms with Crippen LogP contribution in [0.1, 0.15) is 30.1 Å². The van der Waals surface area contributed by atoms with Crippen molar-refractivity contribution in [1.82, 2.24) is 9.80 Å². The first-order valence-corrected chi connectivity index (χ1v) is 11.9. The molecule has 3 amide bonds. The van der Waals surface area contributed by atoms with Gasteiger partial charge in [0.25, 0.3) is 5.91 Å². The Morgan fingerprint density at radius 2 is 1.81 bits per heavy atom. The van der Waals surface area contributed by atoms with Gasteiger partial charge in [-0.3, -0.25) is 4.79 Å². The van der Waals surface area contributed by atoms with Gasteiger partial charge in [0, 0.05) is 36.0 Å². The molecule has 2 heterocycles. The molecule has 0 aromatic heterocycles. The van der Waals surface area contributed by atoms with Crippen LogP contribution in [0.15, 0.2) is 48.5 Å². The van der Waals surface area contributed by atoms with Crippen molar-refractivity contribution in [3.05, 3.63) is 59.1 Å². The molecule has 1 spiro atoms. The van der Waals surface area contributed by atoms with E-state index >= 15 is 0 Å². The van der Waals surface area contributed by atoms with Crippen LogP contribution in [0.3, 0.4) is 0 Å². The zero-order chi connectivity index (χ0) is 21.8. The standard InChI is InChI=1S/C23H26ClN3O3S/c1-2-30-20-6-4-3-5-19(20)25-22(29)26-13-11-23(12-14-26)27(15-16-31-23)21(28)17-7-9-18(24)10-8-17/h3-10H,2,11-16H2,1H3,(H,25,29). The fourth-order valence-electron chi connectivity index (χ4n) is 4.16. The number of nitrogens with zero attached hydrogens (tertiary/aromatic N) is 2. The number of amides is 3. The lowest BCUT2D eigenvalue weighted by atomic mass is 10.0. The normalized spacial score (nSPS) is 17.6. The van der Waals surface area contributed by atoms with Crippen molar-refractivity contribution >= 4 is 41.0 Å². The van der Waals surface area contributed by atoms with E-state index in [1.54, 1.807) is 24.3 Å². The smallest absolute Gasteiger partial charge is 0.321 e. The first-order valence-electron chi connectivity index (χ1n) is 10.5. The van der Waals surface area contributed by atoms with Gasteiger partial charge in [-0.05, 0) is 56.2 Å². The maximum atomic E-state index is 13.1. The molecule has 0 atom stereocenters. The van der Waals surface area contributed by atoms with E-state index < -0.39 is 0 Å². The van der Waals surface area contributed by atoms with E-state index in [4.69, 9.17) is 16.3 Å². The number of urea groups is 1. The van der Waals surface area contributed by atoms with Crippen molar-refractivity contribution in [2.75, 3.05) is 37.3 Å². The zero-order valence-electron chi connectivity index (χ0n) is 17.5. The summed E-state index contributed by atoms with van der Waals surface area (Å²) >= 11 is 7.80. The minimum Gasteiger partial charge on any atom is -0.492 e. The first kappa shape index (κ1) is 21.8. The first-order chi connectivity index (χ1) is 15.0. The molecule has 2 saturated heterocycles. The third kappa shape index (κ3) is 4.62. The van der Waals surface area contributed by atoms with Gasteiger partial charge in [-0.25, -0.2) is 4.79 Å². The maximum Gasteiger partial charge on any atom is 0.321 e. The van der Waals surface area contributed by atoms with Crippen LogP contribution in [-0.2, 0) is 0 Å². The van der Waals surface area contributed by atoms with Gasteiger partial charge in [0.2, 0.25) is 0 Å². The number of benzene rings is 2. The second kappa shape index (κ2) is 9.40. The number of ether oxygens (including phenoxy) is 1. The van der Waals surface area contributed by atoms with Crippen molar-refractivity contribution in [3.8, 4) is 5.75 Å². The maximum absolute atomic E-state index is 13.1. The van der Waals surface area contributed by atoms with E-state index in [1.165, 1.54) is 0 Å². The number of carbonyl (C=O) groups is 2. The van der Waals surface area contributed by atoms with E-state index in [2.05, 4.69) is 5.32 Å². The second-order valence-electron chi connectivity index (χ2n) is 7.60. The lowest BCUT2D eigenvalue weighted by Crippen LogP contribution is -2.54. The molecule has 0 radical (unpaired) electrons. The quantitative estimate of drug-likeness (QED) is 0.702. The number of piperidine rings is 1. The number of para-hydroxylation sites is 2. The Morgan fingerprint density at radius 1 is 1.10 bits per heavy atom. The Labute approximate surface area is 191 Å². The molecule has 0 unspecified atom stereocenters. The second-order valence-corrected chi connectivity index (χ2v) is 9.50. The molecule has 8 heteroatoms. The predicted molar refractivity (Wildman–Crippen MR) is 125 cm³/mol. The number of anilines is 1. The van der Waals surface area contributed by atoms with Crippen LogP contribution in [0.4, 0.5) is 10.5 Å². The summed E-state index contributed by atoms with van der Waals surface area (Å²) in [4.78, 5) is 29.6. The van der Waals surface area contributed by atoms with Crippen LogP contribution in [0.25, 0.3) is 0 Å². The Morgan fingerprint density at radius 3 is 2.52 bits per heavy atom. The minimum absolute atomic E-state index is 0.0326. The lowest BCUT2D eigenvalue weighted by molar-refractivity contribution is 0.0585. The molecule has 0 bridgehead atoms. The molecule has 31 heavy (non-hydrogen) atoms. The number of nitrogens with one attached hydrogen (secondary N) is 1. The average molecular weight is 460 g/mol. The van der Waals surface area contributed by atoms with Gasteiger partial charge in [-0.15, -0.1) is 11.8 Å². The van der Waals surface area contributed by atoms with Crippen LogP contribution in [-0.4, -0.2) is 58.6 Å². The van der Waals surface area contributed by atoms with Gasteiger partial charge in [0.05, 0.1) is 17.2 Å². The van der Waals surface area contributed by atoms with Gasteiger partial charge in [-0.1, -0.05) is 23.7 Å². The van der Waals surface area contributed by atoms with Crippen LogP contribution < -0.4 is 10.1 Å². The topological polar surface area (TPSA) is 61.9 Å². The molecule has 4 rings (SSSR count). The SMILES string of the molecule is CCOc1ccccc1NC(=O)N1CCC2(CC1)SCCN2C(=O)c1ccc(Cl)cc1. The molecular formula is C23H26ClN3O3S. The summed E-state index contributed by atoms with van der Waals surface area (Å²) in [5.41, 5.74) is 1.32. The van der Waals surface area contributed by atoms with Gasteiger partial charge >= 0.3 is 6.03 Å². The summed E-state index contributed by atoms with van der Waals surface area (Å²) in [5, 5.41) is 3.59. The number of thioether (sulfide) groups is 1. The lowest BCUT2D eigenvalue weighted by Gasteiger charge is -2.44. The molecule has 2 aliphatic rings. The Balaban J connectivity index is 1.41. The van der Waals surface area contributed by atoms with Gasteiger partial charge in [0.15, 0.2) is 0 Å². The number of likely N-dealkylation sites (tertiary alicyclic amines) is 1. The summed E-state index contributed by atoms with van der Waals surface area (Å²) < 4.78 is 5.60. The third-order valence-electron chi connectivity index (χ3n) is 5.77. The summed E-state index contributed by atoms with van der Waals surface area (Å²) in [6.07, 6.45) is 1.50. The minimum atomic E-state index is -0.253. The van der Waals surface area contributed by atoms with Gasteiger partial charge < -0.3 is 19.9 Å². The van der Waals surface area contributed by atoms with Crippen LogP contribution in [0.2, 0.25) is 5.02 Å². The molecule has 6 nitrogen and oxygen atoms in total. The van der Waals surface area contributed by atoms with E-state index in [9.17, 15) is 9.59 Å². The molecule has 2 aromatic carbocycles. The predicted octanol–water partition coefficient (Wildman–Crippen LogP) is 4.95. The highest BCUT2D eigenvalue weighted by molar-refractivity contribution is 8.00. The number of rotatable bonds is 4. The number of hydrogen-bond acceptors (Lipinski definition) is 4. The van der Waals surface area contributed by atoms with Crippen molar-refractivity contribution in [1.29, 1.82) is 0 Å². The van der Waals surface area contributed by atoms with E-state index in [0.29, 0.717) is 41.7 Å². The van der Waals surface area contributed by atoms with Crippen molar-refractivity contribution in [3.63, 3.8) is 0 Å². The van der Waals surface area contributed by atoms with Gasteiger partial charge in [0.1, 0.15) is 5.75 Å². The summed E-state index contributed by atoms with van der Waals surface area (Å²) in [7, 11) is 0. The molecule has 164 valence electrons. The van der Waals surface area contributed by atoms with E-state index in [1.807, 2.05) is 52.8 Å². The van der Waals surface area contributed by atoms with Crippen LogP contribution >= 0.6 is 23.4 Å². The van der Waals surface area contributed by atoms with Crippen LogP contribution in [0, 0.1) is 0 Å². The highest BCUT2D eigenvalue weighted by atomic mass is 35.5. The molecule has 0 saturated carbocycles. The number of carbonyl (C=O) groups excluding carboxylic acids is 2. The molecular weight excluding hydrogens is 434 g/mol. The average Bonchev–Trinajstić information content (AvgIpc) is 3.18. The third-order valence-corrected chi connectivity index (χ3v) is 7.58. The molecule has 1 N–H and O–H groups in total. The Hall–Kier alpha value is -2.38. The van der Waals surface area contributed by atoms with Crippen molar-refractivity contribution < 1.29 is 14.3 Å². The molecule has 0 aliphatic carbocycles. The van der Waals surface area contributed by atoms with E-state index in [-0.39, 0.29) is 16.8 Å². The molecule has 2 aliphatic heterocycles. The largest absolute Gasteiger partial charge is 0.492 e. The highest BCUT2D eigenvalue weighted by Crippen LogP contribution is 2.44.